The van der Waals surface area contributed by atoms with Gasteiger partial charge in [0.2, 0.25) is 0 Å². The van der Waals surface area contributed by atoms with Crippen LogP contribution in [-0.4, -0.2) is 12.3 Å². The molecule has 0 bridgehead atoms. The third-order valence-electron chi connectivity index (χ3n) is 3.76. The molecule has 0 aliphatic carbocycles. The van der Waals surface area contributed by atoms with E-state index in [-0.39, 0.29) is 5.78 Å². The van der Waals surface area contributed by atoms with Crippen molar-refractivity contribution in [2.45, 2.75) is 19.3 Å². The van der Waals surface area contributed by atoms with Gasteiger partial charge in [-0.15, -0.1) is 0 Å². The van der Waals surface area contributed by atoms with E-state index in [1.165, 1.54) is 0 Å². The standard InChI is InChI=1S/C17H15BrClNO/c18-12-7-6-11(15(19)10-12)9-17(21)14-3-1-5-16-13(14)4-2-8-20-16/h1,3,5-7,10,20H,2,4,8-9H2. The first-order valence-corrected chi connectivity index (χ1v) is 8.15. The molecule has 1 heterocycles. The maximum absolute atomic E-state index is 12.6. The van der Waals surface area contributed by atoms with Crippen LogP contribution in [0.2, 0.25) is 5.02 Å². The maximum Gasteiger partial charge on any atom is 0.167 e. The Morgan fingerprint density at radius 1 is 1.29 bits per heavy atom. The van der Waals surface area contributed by atoms with E-state index >= 15 is 0 Å². The number of hydrogen-bond acceptors (Lipinski definition) is 2. The van der Waals surface area contributed by atoms with Gasteiger partial charge < -0.3 is 5.32 Å². The number of rotatable bonds is 3. The molecule has 0 unspecified atom stereocenters. The number of hydrogen-bond donors (Lipinski definition) is 1. The Labute approximate surface area is 137 Å². The highest BCUT2D eigenvalue weighted by atomic mass is 79.9. The highest BCUT2D eigenvalue weighted by Crippen LogP contribution is 2.28. The second kappa shape index (κ2) is 6.20. The fraction of sp³-hybridized carbons (Fsp3) is 0.235. The lowest BCUT2D eigenvalue weighted by Gasteiger charge is -2.20. The first-order chi connectivity index (χ1) is 10.1. The van der Waals surface area contributed by atoms with Crippen LogP contribution in [0.1, 0.15) is 27.9 Å². The van der Waals surface area contributed by atoms with Gasteiger partial charge in [-0.3, -0.25) is 4.79 Å². The zero-order valence-corrected chi connectivity index (χ0v) is 13.8. The second-order valence-electron chi connectivity index (χ2n) is 5.20. The normalized spacial score (nSPS) is 13.4. The van der Waals surface area contributed by atoms with E-state index < -0.39 is 0 Å². The molecule has 2 nitrogen and oxygen atoms in total. The lowest BCUT2D eigenvalue weighted by Crippen LogP contribution is -2.16. The number of fused-ring (bicyclic) bond motifs is 1. The van der Waals surface area contributed by atoms with Crippen LogP contribution in [-0.2, 0) is 12.8 Å². The quantitative estimate of drug-likeness (QED) is 0.786. The van der Waals surface area contributed by atoms with Crippen LogP contribution in [0.3, 0.4) is 0 Å². The minimum absolute atomic E-state index is 0.125. The van der Waals surface area contributed by atoms with Crippen molar-refractivity contribution >= 4 is 39.0 Å². The predicted molar refractivity (Wildman–Crippen MR) is 90.4 cm³/mol. The average molecular weight is 365 g/mol. The van der Waals surface area contributed by atoms with Gasteiger partial charge in [0.25, 0.3) is 0 Å². The molecule has 4 heteroatoms. The van der Waals surface area contributed by atoms with E-state index in [1.807, 2.05) is 36.4 Å². The van der Waals surface area contributed by atoms with Gasteiger partial charge >= 0.3 is 0 Å². The van der Waals surface area contributed by atoms with Gasteiger partial charge in [0.05, 0.1) is 0 Å². The predicted octanol–water partition coefficient (Wildman–Crippen LogP) is 4.89. The van der Waals surface area contributed by atoms with Gasteiger partial charge in [0.1, 0.15) is 0 Å². The summed E-state index contributed by atoms with van der Waals surface area (Å²) in [5.74, 6) is 0.125. The Kier molecular flexibility index (Phi) is 4.32. The molecule has 0 amide bonds. The molecule has 2 aromatic carbocycles. The van der Waals surface area contributed by atoms with Gasteiger partial charge in [0.15, 0.2) is 5.78 Å². The van der Waals surface area contributed by atoms with Crippen LogP contribution in [0, 0.1) is 0 Å². The van der Waals surface area contributed by atoms with Crippen molar-refractivity contribution in [1.29, 1.82) is 0 Å². The molecule has 0 spiro atoms. The summed E-state index contributed by atoms with van der Waals surface area (Å²) in [5, 5.41) is 3.98. The molecule has 0 saturated carbocycles. The summed E-state index contributed by atoms with van der Waals surface area (Å²) in [6, 6.07) is 11.5. The largest absolute Gasteiger partial charge is 0.385 e. The topological polar surface area (TPSA) is 29.1 Å². The number of Topliss-reactive ketones (excluding diaryl/α,β-unsaturated/α-hetero) is 1. The van der Waals surface area contributed by atoms with Crippen molar-refractivity contribution in [3.8, 4) is 0 Å². The Balaban J connectivity index is 1.89. The van der Waals surface area contributed by atoms with Crippen LogP contribution in [0.25, 0.3) is 0 Å². The number of nitrogens with one attached hydrogen (secondary N) is 1. The molecule has 0 radical (unpaired) electrons. The fourth-order valence-electron chi connectivity index (χ4n) is 2.70. The van der Waals surface area contributed by atoms with Crippen LogP contribution < -0.4 is 5.32 Å². The van der Waals surface area contributed by atoms with Gasteiger partial charge in [-0.1, -0.05) is 45.7 Å². The highest BCUT2D eigenvalue weighted by Gasteiger charge is 2.18. The minimum Gasteiger partial charge on any atom is -0.385 e. The number of ketones is 1. The van der Waals surface area contributed by atoms with E-state index in [9.17, 15) is 4.79 Å². The Morgan fingerprint density at radius 3 is 2.95 bits per heavy atom. The molecule has 1 N–H and O–H groups in total. The third-order valence-corrected chi connectivity index (χ3v) is 4.61. The third kappa shape index (κ3) is 3.14. The van der Waals surface area contributed by atoms with Crippen LogP contribution in [0.4, 0.5) is 5.69 Å². The van der Waals surface area contributed by atoms with Gasteiger partial charge in [0, 0.05) is 33.7 Å². The summed E-state index contributed by atoms with van der Waals surface area (Å²) in [4.78, 5) is 12.6. The van der Waals surface area contributed by atoms with Crippen molar-refractivity contribution in [3.63, 3.8) is 0 Å². The summed E-state index contributed by atoms with van der Waals surface area (Å²) >= 11 is 9.59. The number of anilines is 1. The molecule has 0 aromatic heterocycles. The lowest BCUT2D eigenvalue weighted by atomic mass is 9.93. The summed E-state index contributed by atoms with van der Waals surface area (Å²) in [6.45, 7) is 0.975. The number of carbonyl (C=O) groups is 1. The van der Waals surface area contributed by atoms with E-state index in [4.69, 9.17) is 11.6 Å². The number of halogens is 2. The van der Waals surface area contributed by atoms with Crippen LogP contribution >= 0.6 is 27.5 Å². The van der Waals surface area contributed by atoms with Crippen molar-refractivity contribution in [2.24, 2.45) is 0 Å². The molecular weight excluding hydrogens is 350 g/mol. The molecule has 1 aliphatic heterocycles. The first-order valence-electron chi connectivity index (χ1n) is 6.98. The summed E-state index contributed by atoms with van der Waals surface area (Å²) in [5.41, 5.74) is 3.92. The van der Waals surface area contributed by atoms with Crippen LogP contribution in [0.15, 0.2) is 40.9 Å². The van der Waals surface area contributed by atoms with E-state index in [2.05, 4.69) is 21.2 Å². The number of carbonyl (C=O) groups excluding carboxylic acids is 1. The smallest absolute Gasteiger partial charge is 0.167 e. The molecule has 3 rings (SSSR count). The number of benzene rings is 2. The van der Waals surface area contributed by atoms with Crippen LogP contribution in [0.5, 0.6) is 0 Å². The van der Waals surface area contributed by atoms with Gasteiger partial charge in [-0.25, -0.2) is 0 Å². The zero-order chi connectivity index (χ0) is 14.8. The lowest BCUT2D eigenvalue weighted by molar-refractivity contribution is 0.0992. The molecule has 0 atom stereocenters. The molecule has 0 saturated heterocycles. The molecule has 1 aliphatic rings. The fourth-order valence-corrected chi connectivity index (χ4v) is 3.44. The van der Waals surface area contributed by atoms with E-state index in [0.29, 0.717) is 11.4 Å². The minimum atomic E-state index is 0.125. The first kappa shape index (κ1) is 14.6. The monoisotopic (exact) mass is 363 g/mol. The van der Waals surface area contributed by atoms with Gasteiger partial charge in [-0.05, 0) is 42.2 Å². The average Bonchev–Trinajstić information content (AvgIpc) is 2.49. The SMILES string of the molecule is O=C(Cc1ccc(Br)cc1Cl)c1cccc2c1CCCN2. The molecule has 21 heavy (non-hydrogen) atoms. The second-order valence-corrected chi connectivity index (χ2v) is 6.52. The molecule has 108 valence electrons. The Bertz CT molecular complexity index is 699. The summed E-state index contributed by atoms with van der Waals surface area (Å²) < 4.78 is 0.921. The summed E-state index contributed by atoms with van der Waals surface area (Å²) in [7, 11) is 0. The molecular formula is C17H15BrClNO. The molecule has 0 fully saturated rings. The highest BCUT2D eigenvalue weighted by molar-refractivity contribution is 9.10. The van der Waals surface area contributed by atoms with Crippen molar-refractivity contribution in [3.05, 3.63) is 62.6 Å². The van der Waals surface area contributed by atoms with E-state index in [1.54, 1.807) is 0 Å². The van der Waals surface area contributed by atoms with Crippen molar-refractivity contribution in [1.82, 2.24) is 0 Å². The van der Waals surface area contributed by atoms with Crippen molar-refractivity contribution in [2.75, 3.05) is 11.9 Å². The Hall–Kier alpha value is -1.32. The zero-order valence-electron chi connectivity index (χ0n) is 11.5. The summed E-state index contributed by atoms with van der Waals surface area (Å²) in [6.07, 6.45) is 2.36. The maximum atomic E-state index is 12.6. The molecule has 2 aromatic rings. The van der Waals surface area contributed by atoms with E-state index in [0.717, 1.165) is 46.2 Å². The van der Waals surface area contributed by atoms with Crippen molar-refractivity contribution < 1.29 is 4.79 Å². The van der Waals surface area contributed by atoms with Gasteiger partial charge in [-0.2, -0.15) is 0 Å². The Morgan fingerprint density at radius 2 is 2.14 bits per heavy atom.